The fourth-order valence-electron chi connectivity index (χ4n) is 1.84. The average molecular weight is 330 g/mol. The minimum Gasteiger partial charge on any atom is -0.385 e. The Labute approximate surface area is 135 Å². The molecule has 22 heavy (non-hydrogen) atoms. The van der Waals surface area contributed by atoms with E-state index in [0.29, 0.717) is 10.9 Å². The quantitative estimate of drug-likeness (QED) is 0.763. The zero-order chi connectivity index (χ0) is 15.4. The van der Waals surface area contributed by atoms with Crippen molar-refractivity contribution in [1.82, 2.24) is 4.98 Å². The summed E-state index contributed by atoms with van der Waals surface area (Å²) in [7, 11) is 0. The van der Waals surface area contributed by atoms with Crippen LogP contribution < -0.4 is 8.91 Å². The molecule has 4 nitrogen and oxygen atoms in total. The van der Waals surface area contributed by atoms with Gasteiger partial charge in [0.25, 0.3) is 0 Å². The Hall–Kier alpha value is -2.18. The van der Waals surface area contributed by atoms with E-state index in [0.717, 1.165) is 16.8 Å². The number of aryl methyl sites for hydroxylation is 1. The topological polar surface area (TPSA) is 51.2 Å². The molecule has 1 unspecified atom stereocenters. The van der Waals surface area contributed by atoms with Gasteiger partial charge in [-0.15, -0.1) is 11.3 Å². The van der Waals surface area contributed by atoms with E-state index in [-0.39, 0.29) is 0 Å². The maximum absolute atomic E-state index is 12.0. The van der Waals surface area contributed by atoms with Crippen molar-refractivity contribution in [2.75, 3.05) is 4.72 Å². The van der Waals surface area contributed by atoms with Crippen LogP contribution in [0.5, 0.6) is 5.75 Å². The van der Waals surface area contributed by atoms with Crippen molar-refractivity contribution in [1.29, 1.82) is 0 Å². The molecule has 0 saturated carbocycles. The highest BCUT2D eigenvalue weighted by Crippen LogP contribution is 2.25. The molecule has 3 aromatic rings. The van der Waals surface area contributed by atoms with Gasteiger partial charge in [0, 0.05) is 10.9 Å². The lowest BCUT2D eigenvalue weighted by atomic mass is 10.2. The van der Waals surface area contributed by atoms with Gasteiger partial charge < -0.3 is 4.18 Å². The van der Waals surface area contributed by atoms with Crippen molar-refractivity contribution >= 4 is 27.7 Å². The normalized spacial score (nSPS) is 11.9. The summed E-state index contributed by atoms with van der Waals surface area (Å²) in [5.74, 6) is 0.552. The fourth-order valence-corrected chi connectivity index (χ4v) is 3.31. The number of hydrogen-bond acceptors (Lipinski definition) is 4. The largest absolute Gasteiger partial charge is 0.385 e. The van der Waals surface area contributed by atoms with E-state index in [1.54, 1.807) is 12.1 Å². The highest BCUT2D eigenvalue weighted by atomic mass is 32.2. The maximum atomic E-state index is 12.0. The van der Waals surface area contributed by atoms with Crippen molar-refractivity contribution in [3.05, 3.63) is 65.5 Å². The van der Waals surface area contributed by atoms with Gasteiger partial charge in [0.15, 0.2) is 5.13 Å². The van der Waals surface area contributed by atoms with E-state index in [1.807, 2.05) is 54.8 Å². The van der Waals surface area contributed by atoms with Gasteiger partial charge >= 0.3 is 11.3 Å². The lowest BCUT2D eigenvalue weighted by Crippen LogP contribution is -2.10. The van der Waals surface area contributed by atoms with Gasteiger partial charge in [0.1, 0.15) is 5.75 Å². The van der Waals surface area contributed by atoms with Crippen LogP contribution in [-0.4, -0.2) is 9.19 Å². The molecule has 1 heterocycles. The molecular weight excluding hydrogens is 316 g/mol. The molecule has 0 aliphatic rings. The summed E-state index contributed by atoms with van der Waals surface area (Å²) in [6.07, 6.45) is 0. The minimum atomic E-state index is -1.67. The molecule has 0 fully saturated rings. The van der Waals surface area contributed by atoms with Gasteiger partial charge in [-0.1, -0.05) is 48.0 Å². The van der Waals surface area contributed by atoms with Crippen LogP contribution in [0.2, 0.25) is 0 Å². The first-order chi connectivity index (χ1) is 10.7. The Morgan fingerprint density at radius 1 is 1.09 bits per heavy atom. The van der Waals surface area contributed by atoms with Crippen LogP contribution in [0, 0.1) is 6.92 Å². The van der Waals surface area contributed by atoms with Crippen molar-refractivity contribution in [3.8, 4) is 17.0 Å². The predicted octanol–water partition coefficient (Wildman–Crippen LogP) is 4.19. The van der Waals surface area contributed by atoms with Crippen LogP contribution >= 0.6 is 11.3 Å². The Bertz CT molecular complexity index is 770. The van der Waals surface area contributed by atoms with E-state index in [4.69, 9.17) is 4.18 Å². The van der Waals surface area contributed by atoms with Crippen LogP contribution in [-0.2, 0) is 11.3 Å². The number of rotatable bonds is 5. The molecule has 1 atom stereocenters. The second kappa shape index (κ2) is 6.72. The molecule has 0 radical (unpaired) electrons. The van der Waals surface area contributed by atoms with Gasteiger partial charge in [-0.05, 0) is 19.1 Å². The molecule has 1 N–H and O–H groups in total. The molecule has 0 saturated heterocycles. The zero-order valence-electron chi connectivity index (χ0n) is 11.9. The second-order valence-electron chi connectivity index (χ2n) is 4.64. The highest BCUT2D eigenvalue weighted by Gasteiger charge is 2.08. The van der Waals surface area contributed by atoms with Crippen LogP contribution in [0.15, 0.2) is 60.0 Å². The zero-order valence-corrected chi connectivity index (χ0v) is 13.5. The minimum absolute atomic E-state index is 0.552. The van der Waals surface area contributed by atoms with Crippen molar-refractivity contribution in [2.45, 2.75) is 6.92 Å². The monoisotopic (exact) mass is 330 g/mol. The number of benzene rings is 2. The molecule has 0 aliphatic heterocycles. The number of thiazole rings is 1. The SMILES string of the molecule is Cc1ccc(OS(=O)Nc2nc(-c3ccccc3)cs2)cc1. The van der Waals surface area contributed by atoms with Crippen molar-refractivity contribution in [3.63, 3.8) is 0 Å². The van der Waals surface area contributed by atoms with Crippen LogP contribution in [0.4, 0.5) is 5.13 Å². The summed E-state index contributed by atoms with van der Waals surface area (Å²) in [6.45, 7) is 1.99. The standard InChI is InChI=1S/C16H14N2O2S2/c1-12-7-9-14(10-8-12)20-22(19)18-16-17-15(11-21-16)13-5-3-2-4-6-13/h2-11H,1H3,(H,17,18). The summed E-state index contributed by atoms with van der Waals surface area (Å²) < 4.78 is 20.0. The van der Waals surface area contributed by atoms with Gasteiger partial charge in [-0.2, -0.15) is 4.21 Å². The Kier molecular flexibility index (Phi) is 4.50. The van der Waals surface area contributed by atoms with E-state index >= 15 is 0 Å². The van der Waals surface area contributed by atoms with Gasteiger partial charge in [0.05, 0.1) is 5.69 Å². The molecule has 0 spiro atoms. The van der Waals surface area contributed by atoms with E-state index in [1.165, 1.54) is 11.3 Å². The van der Waals surface area contributed by atoms with Gasteiger partial charge in [-0.25, -0.2) is 9.71 Å². The third-order valence-corrected chi connectivity index (χ3v) is 4.53. The fraction of sp³-hybridized carbons (Fsp3) is 0.0625. The molecule has 3 rings (SSSR count). The molecule has 0 bridgehead atoms. The average Bonchev–Trinajstić information content (AvgIpc) is 2.99. The van der Waals surface area contributed by atoms with Crippen molar-refractivity contribution in [2.24, 2.45) is 0 Å². The van der Waals surface area contributed by atoms with Gasteiger partial charge in [0.2, 0.25) is 0 Å². The number of hydrogen-bond donors (Lipinski definition) is 1. The lowest BCUT2D eigenvalue weighted by Gasteiger charge is -2.04. The Balaban J connectivity index is 1.65. The molecule has 2 aromatic carbocycles. The number of nitrogens with zero attached hydrogens (tertiary/aromatic N) is 1. The van der Waals surface area contributed by atoms with Gasteiger partial charge in [-0.3, -0.25) is 0 Å². The third kappa shape index (κ3) is 3.72. The smallest absolute Gasteiger partial charge is 0.317 e. The first-order valence-electron chi connectivity index (χ1n) is 6.65. The van der Waals surface area contributed by atoms with E-state index in [2.05, 4.69) is 9.71 Å². The van der Waals surface area contributed by atoms with Crippen LogP contribution in [0.3, 0.4) is 0 Å². The summed E-state index contributed by atoms with van der Waals surface area (Å²) in [4.78, 5) is 4.41. The van der Waals surface area contributed by atoms with Crippen LogP contribution in [0.1, 0.15) is 5.56 Å². The molecule has 0 amide bonds. The third-order valence-electron chi connectivity index (χ3n) is 2.94. The molecule has 6 heteroatoms. The Morgan fingerprint density at radius 3 is 2.55 bits per heavy atom. The van der Waals surface area contributed by atoms with E-state index < -0.39 is 11.3 Å². The predicted molar refractivity (Wildman–Crippen MR) is 91.1 cm³/mol. The molecule has 1 aromatic heterocycles. The number of anilines is 1. The maximum Gasteiger partial charge on any atom is 0.317 e. The summed E-state index contributed by atoms with van der Waals surface area (Å²) in [5, 5.41) is 2.48. The van der Waals surface area contributed by atoms with Crippen molar-refractivity contribution < 1.29 is 8.39 Å². The molecule has 0 aliphatic carbocycles. The summed E-state index contributed by atoms with van der Waals surface area (Å²) in [6, 6.07) is 17.2. The lowest BCUT2D eigenvalue weighted by molar-refractivity contribution is 0.567. The second-order valence-corrected chi connectivity index (χ2v) is 6.34. The molecule has 112 valence electrons. The number of aromatic nitrogens is 1. The summed E-state index contributed by atoms with van der Waals surface area (Å²) in [5.41, 5.74) is 3.00. The number of nitrogens with one attached hydrogen (secondary N) is 1. The highest BCUT2D eigenvalue weighted by molar-refractivity contribution is 7.82. The van der Waals surface area contributed by atoms with E-state index in [9.17, 15) is 4.21 Å². The summed E-state index contributed by atoms with van der Waals surface area (Å²) >= 11 is -0.283. The first kappa shape index (κ1) is 14.7. The van der Waals surface area contributed by atoms with Crippen LogP contribution in [0.25, 0.3) is 11.3 Å². The molecular formula is C16H14N2O2S2. The Morgan fingerprint density at radius 2 is 1.82 bits per heavy atom. The first-order valence-corrected chi connectivity index (χ1v) is 8.60.